The van der Waals surface area contributed by atoms with Gasteiger partial charge in [0, 0.05) is 5.56 Å². The fraction of sp³-hybridized carbons (Fsp3) is 0.143. The topological polar surface area (TPSA) is 67.5 Å². The van der Waals surface area contributed by atoms with Crippen LogP contribution in [0.25, 0.3) is 0 Å². The summed E-state index contributed by atoms with van der Waals surface area (Å²) in [6, 6.07) is 9.88. The Balaban J connectivity index is 2.38. The van der Waals surface area contributed by atoms with Crippen LogP contribution in [0.2, 0.25) is 0 Å². The van der Waals surface area contributed by atoms with Crippen molar-refractivity contribution in [2.75, 3.05) is 0 Å². The molecule has 0 unspecified atom stereocenters. The minimum absolute atomic E-state index is 0.0494. The number of hydrogen-bond acceptors (Lipinski definition) is 3. The van der Waals surface area contributed by atoms with Crippen LogP contribution in [0.15, 0.2) is 40.8 Å². The van der Waals surface area contributed by atoms with Crippen molar-refractivity contribution in [3.8, 4) is 0 Å². The van der Waals surface area contributed by atoms with Crippen molar-refractivity contribution in [3.05, 3.63) is 59.0 Å². The first kappa shape index (κ1) is 12.1. The second kappa shape index (κ2) is 4.87. The molecule has 0 aliphatic carbocycles. The van der Waals surface area contributed by atoms with Gasteiger partial charge in [-0.05, 0) is 24.1 Å². The molecule has 0 saturated carbocycles. The quantitative estimate of drug-likeness (QED) is 0.840. The maximum Gasteiger partial charge on any atom is 0.371 e. The third-order valence-corrected chi connectivity index (χ3v) is 2.68. The summed E-state index contributed by atoms with van der Waals surface area (Å²) < 4.78 is 5.01. The number of carboxylic acid groups (broad SMARTS) is 1. The Morgan fingerprint density at radius 3 is 2.39 bits per heavy atom. The van der Waals surface area contributed by atoms with E-state index in [4.69, 9.17) is 9.52 Å². The van der Waals surface area contributed by atoms with Crippen LogP contribution in [0.5, 0.6) is 0 Å². The normalized spacial score (nSPS) is 10.3. The van der Waals surface area contributed by atoms with Gasteiger partial charge in [0.05, 0.1) is 0 Å². The van der Waals surface area contributed by atoms with Crippen molar-refractivity contribution >= 4 is 11.8 Å². The van der Waals surface area contributed by atoms with Crippen LogP contribution in [-0.4, -0.2) is 16.9 Å². The number of aryl methyl sites for hydroxylation is 1. The molecular formula is C14H12O4. The first-order valence-corrected chi connectivity index (χ1v) is 5.59. The summed E-state index contributed by atoms with van der Waals surface area (Å²) in [6.45, 7) is 1.96. The summed E-state index contributed by atoms with van der Waals surface area (Å²) in [5.74, 6) is -1.65. The molecule has 4 heteroatoms. The van der Waals surface area contributed by atoms with Crippen molar-refractivity contribution in [1.29, 1.82) is 0 Å². The average Bonchev–Trinajstić information content (AvgIpc) is 2.87. The minimum atomic E-state index is -1.18. The monoisotopic (exact) mass is 244 g/mol. The van der Waals surface area contributed by atoms with Crippen LogP contribution in [0.1, 0.15) is 39.2 Å². The summed E-state index contributed by atoms with van der Waals surface area (Å²) in [4.78, 5) is 22.9. The molecule has 0 bridgehead atoms. The molecule has 1 aromatic carbocycles. The predicted molar refractivity (Wildman–Crippen MR) is 64.9 cm³/mol. The van der Waals surface area contributed by atoms with Crippen molar-refractivity contribution < 1.29 is 19.1 Å². The molecule has 0 saturated heterocycles. The van der Waals surface area contributed by atoms with Gasteiger partial charge in [-0.2, -0.15) is 0 Å². The van der Waals surface area contributed by atoms with Crippen LogP contribution in [0.4, 0.5) is 0 Å². The largest absolute Gasteiger partial charge is 0.475 e. The van der Waals surface area contributed by atoms with Crippen molar-refractivity contribution in [1.82, 2.24) is 0 Å². The van der Waals surface area contributed by atoms with Gasteiger partial charge in [0.1, 0.15) is 0 Å². The molecule has 1 heterocycles. The second-order valence-corrected chi connectivity index (χ2v) is 3.81. The van der Waals surface area contributed by atoms with Gasteiger partial charge in [0.15, 0.2) is 5.76 Å². The Bertz CT molecular complexity index is 595. The van der Waals surface area contributed by atoms with E-state index in [1.165, 1.54) is 12.1 Å². The van der Waals surface area contributed by atoms with Crippen molar-refractivity contribution in [2.24, 2.45) is 0 Å². The molecule has 2 aromatic rings. The number of ketones is 1. The van der Waals surface area contributed by atoms with Crippen LogP contribution in [0.3, 0.4) is 0 Å². The zero-order chi connectivity index (χ0) is 13.1. The lowest BCUT2D eigenvalue weighted by Gasteiger charge is -2.04. The first-order chi connectivity index (χ1) is 8.63. The van der Waals surface area contributed by atoms with Gasteiger partial charge in [0.2, 0.25) is 11.5 Å². The van der Waals surface area contributed by atoms with E-state index in [2.05, 4.69) is 0 Å². The molecular weight excluding hydrogens is 232 g/mol. The van der Waals surface area contributed by atoms with E-state index < -0.39 is 5.97 Å². The molecule has 92 valence electrons. The lowest BCUT2D eigenvalue weighted by atomic mass is 10.0. The molecule has 2 rings (SSSR count). The number of carboxylic acids is 1. The molecule has 1 aromatic heterocycles. The molecule has 0 amide bonds. The number of furan rings is 1. The molecule has 0 radical (unpaired) electrons. The highest BCUT2D eigenvalue weighted by atomic mass is 16.4. The van der Waals surface area contributed by atoms with Gasteiger partial charge in [-0.1, -0.05) is 31.2 Å². The van der Waals surface area contributed by atoms with Crippen molar-refractivity contribution in [3.63, 3.8) is 0 Å². The average molecular weight is 244 g/mol. The van der Waals surface area contributed by atoms with Crippen LogP contribution in [-0.2, 0) is 6.42 Å². The Labute approximate surface area is 104 Å². The summed E-state index contributed by atoms with van der Waals surface area (Å²) >= 11 is 0. The van der Waals surface area contributed by atoms with E-state index in [-0.39, 0.29) is 17.3 Å². The molecule has 1 N–H and O–H groups in total. The molecule has 4 nitrogen and oxygen atoms in total. The van der Waals surface area contributed by atoms with E-state index in [1.54, 1.807) is 12.1 Å². The molecule has 0 aliphatic heterocycles. The van der Waals surface area contributed by atoms with Gasteiger partial charge < -0.3 is 9.52 Å². The standard InChI is InChI=1S/C14H12O4/c1-2-9-5-3-4-6-10(9)13(15)11-7-8-12(18-11)14(16)17/h3-8H,2H2,1H3,(H,16,17). The zero-order valence-electron chi connectivity index (χ0n) is 9.84. The molecule has 18 heavy (non-hydrogen) atoms. The van der Waals surface area contributed by atoms with E-state index >= 15 is 0 Å². The zero-order valence-corrected chi connectivity index (χ0v) is 9.84. The first-order valence-electron chi connectivity index (χ1n) is 5.59. The molecule has 0 aliphatic rings. The molecule has 0 atom stereocenters. The van der Waals surface area contributed by atoms with E-state index in [0.717, 1.165) is 12.0 Å². The fourth-order valence-electron chi connectivity index (χ4n) is 1.76. The van der Waals surface area contributed by atoms with Gasteiger partial charge in [-0.25, -0.2) is 4.79 Å². The number of aromatic carboxylic acids is 1. The number of carbonyl (C=O) groups excluding carboxylic acids is 1. The minimum Gasteiger partial charge on any atom is -0.475 e. The van der Waals surface area contributed by atoms with E-state index in [0.29, 0.717) is 5.56 Å². The smallest absolute Gasteiger partial charge is 0.371 e. The number of benzene rings is 1. The van der Waals surface area contributed by atoms with Crippen LogP contribution in [0, 0.1) is 0 Å². The fourth-order valence-corrected chi connectivity index (χ4v) is 1.76. The van der Waals surface area contributed by atoms with Crippen LogP contribution >= 0.6 is 0 Å². The highest BCUT2D eigenvalue weighted by molar-refractivity contribution is 6.08. The Kier molecular flexibility index (Phi) is 3.28. The number of hydrogen-bond donors (Lipinski definition) is 1. The summed E-state index contributed by atoms with van der Waals surface area (Å²) in [5.41, 5.74) is 1.46. The third-order valence-electron chi connectivity index (χ3n) is 2.68. The maximum absolute atomic E-state index is 12.2. The SMILES string of the molecule is CCc1ccccc1C(=O)c1ccc(C(=O)O)o1. The predicted octanol–water partition coefficient (Wildman–Crippen LogP) is 2.77. The van der Waals surface area contributed by atoms with E-state index in [9.17, 15) is 9.59 Å². The number of carbonyl (C=O) groups is 2. The Morgan fingerprint density at radius 1 is 1.11 bits per heavy atom. The van der Waals surface area contributed by atoms with Gasteiger partial charge in [-0.3, -0.25) is 4.79 Å². The highest BCUT2D eigenvalue weighted by Crippen LogP contribution is 2.17. The summed E-state index contributed by atoms with van der Waals surface area (Å²) in [6.07, 6.45) is 0.731. The molecule has 0 spiro atoms. The summed E-state index contributed by atoms with van der Waals surface area (Å²) in [5, 5.41) is 8.75. The van der Waals surface area contributed by atoms with Crippen molar-refractivity contribution in [2.45, 2.75) is 13.3 Å². The Hall–Kier alpha value is -2.36. The lowest BCUT2D eigenvalue weighted by Crippen LogP contribution is -2.04. The van der Waals surface area contributed by atoms with E-state index in [1.807, 2.05) is 19.1 Å². The highest BCUT2D eigenvalue weighted by Gasteiger charge is 2.18. The van der Waals surface area contributed by atoms with Gasteiger partial charge >= 0.3 is 5.97 Å². The summed E-state index contributed by atoms with van der Waals surface area (Å²) in [7, 11) is 0. The molecule has 0 fully saturated rings. The number of rotatable bonds is 4. The third kappa shape index (κ3) is 2.18. The Morgan fingerprint density at radius 2 is 1.78 bits per heavy atom. The van der Waals surface area contributed by atoms with Crippen LogP contribution < -0.4 is 0 Å². The lowest BCUT2D eigenvalue weighted by molar-refractivity contribution is 0.0660. The van der Waals surface area contributed by atoms with Gasteiger partial charge in [0.25, 0.3) is 0 Å². The van der Waals surface area contributed by atoms with Gasteiger partial charge in [-0.15, -0.1) is 0 Å². The maximum atomic E-state index is 12.2. The second-order valence-electron chi connectivity index (χ2n) is 3.81.